The fraction of sp³-hybridized carbons (Fsp3) is 0.0714. The number of anilines is 2. The highest BCUT2D eigenvalue weighted by Gasteiger charge is 2.12. The third-order valence-corrected chi connectivity index (χ3v) is 3.06. The molecule has 2 aromatic carbocycles. The number of nitrogens with one attached hydrogen (secondary N) is 1. The Labute approximate surface area is 130 Å². The maximum atomic E-state index is 13.3. The molecule has 0 aliphatic heterocycles. The Morgan fingerprint density at radius 2 is 2.00 bits per heavy atom. The van der Waals surface area contributed by atoms with E-state index in [0.717, 1.165) is 0 Å². The minimum absolute atomic E-state index is 0.0113. The van der Waals surface area contributed by atoms with Crippen molar-refractivity contribution in [2.75, 3.05) is 17.7 Å². The number of carbonyl (C=O) groups is 1. The van der Waals surface area contributed by atoms with Crippen molar-refractivity contribution in [1.29, 1.82) is 0 Å². The number of carbonyl (C=O) groups excluding carboxylic acids is 1. The van der Waals surface area contributed by atoms with Crippen LogP contribution >= 0.6 is 23.2 Å². The maximum Gasteiger partial charge on any atom is 0.262 e. The van der Waals surface area contributed by atoms with Gasteiger partial charge in [-0.1, -0.05) is 35.3 Å². The molecule has 0 aromatic heterocycles. The van der Waals surface area contributed by atoms with E-state index in [4.69, 9.17) is 33.7 Å². The molecule has 0 unspecified atom stereocenters. The van der Waals surface area contributed by atoms with E-state index in [0.29, 0.717) is 5.02 Å². The first kappa shape index (κ1) is 15.4. The van der Waals surface area contributed by atoms with Crippen molar-refractivity contribution < 1.29 is 13.9 Å². The molecule has 1 amide bonds. The number of rotatable bonds is 4. The molecule has 0 bridgehead atoms. The number of para-hydroxylation sites is 1. The third-order valence-electron chi connectivity index (χ3n) is 2.55. The molecule has 0 fully saturated rings. The molecule has 4 nitrogen and oxygen atoms in total. The van der Waals surface area contributed by atoms with Crippen LogP contribution in [-0.2, 0) is 4.79 Å². The van der Waals surface area contributed by atoms with Gasteiger partial charge in [-0.15, -0.1) is 0 Å². The number of nitrogen functional groups attached to an aromatic ring is 1. The minimum Gasteiger partial charge on any atom is -0.481 e. The summed E-state index contributed by atoms with van der Waals surface area (Å²) < 4.78 is 18.4. The van der Waals surface area contributed by atoms with Crippen LogP contribution in [0.25, 0.3) is 0 Å². The molecule has 0 heterocycles. The molecule has 0 atom stereocenters. The zero-order valence-electron chi connectivity index (χ0n) is 10.7. The first-order valence-corrected chi connectivity index (χ1v) is 6.64. The Balaban J connectivity index is 2.01. The molecule has 2 rings (SSSR count). The van der Waals surface area contributed by atoms with E-state index in [1.54, 1.807) is 6.07 Å². The van der Waals surface area contributed by atoms with Gasteiger partial charge in [0.1, 0.15) is 0 Å². The number of nitrogens with two attached hydrogens (primary N) is 1. The van der Waals surface area contributed by atoms with Gasteiger partial charge in [0, 0.05) is 5.02 Å². The molecule has 3 N–H and O–H groups in total. The van der Waals surface area contributed by atoms with E-state index in [1.165, 1.54) is 30.3 Å². The SMILES string of the molecule is Nc1cc(Cl)cc(Cl)c1NC(=O)COc1ccccc1F. The van der Waals surface area contributed by atoms with Crippen LogP contribution in [0, 0.1) is 5.82 Å². The van der Waals surface area contributed by atoms with Gasteiger partial charge in [-0.05, 0) is 24.3 Å². The molecular weight excluding hydrogens is 318 g/mol. The van der Waals surface area contributed by atoms with Crippen LogP contribution < -0.4 is 15.8 Å². The molecular formula is C14H11Cl2FN2O2. The fourth-order valence-corrected chi connectivity index (χ4v) is 2.16. The lowest BCUT2D eigenvalue weighted by molar-refractivity contribution is -0.118. The fourth-order valence-electron chi connectivity index (χ4n) is 1.61. The van der Waals surface area contributed by atoms with E-state index >= 15 is 0 Å². The molecule has 110 valence electrons. The zero-order chi connectivity index (χ0) is 15.4. The predicted molar refractivity (Wildman–Crippen MR) is 81.4 cm³/mol. The van der Waals surface area contributed by atoms with Gasteiger partial charge >= 0.3 is 0 Å². The lowest BCUT2D eigenvalue weighted by Gasteiger charge is -2.11. The monoisotopic (exact) mass is 328 g/mol. The van der Waals surface area contributed by atoms with Crippen LogP contribution in [0.4, 0.5) is 15.8 Å². The van der Waals surface area contributed by atoms with Gasteiger partial charge in [0.05, 0.1) is 16.4 Å². The van der Waals surface area contributed by atoms with Gasteiger partial charge in [0.15, 0.2) is 18.2 Å². The summed E-state index contributed by atoms with van der Waals surface area (Å²) in [6.07, 6.45) is 0. The first-order chi connectivity index (χ1) is 9.97. The number of halogens is 3. The van der Waals surface area contributed by atoms with Crippen molar-refractivity contribution in [3.63, 3.8) is 0 Å². The molecule has 7 heteroatoms. The van der Waals surface area contributed by atoms with Crippen molar-refractivity contribution in [2.24, 2.45) is 0 Å². The average Bonchev–Trinajstić information content (AvgIpc) is 2.42. The summed E-state index contributed by atoms with van der Waals surface area (Å²) in [4.78, 5) is 11.8. The van der Waals surface area contributed by atoms with Crippen LogP contribution in [0.5, 0.6) is 5.75 Å². The topological polar surface area (TPSA) is 64.3 Å². The molecule has 0 saturated heterocycles. The van der Waals surface area contributed by atoms with Gasteiger partial charge in [-0.3, -0.25) is 4.79 Å². The maximum absolute atomic E-state index is 13.3. The van der Waals surface area contributed by atoms with E-state index in [2.05, 4.69) is 5.32 Å². The van der Waals surface area contributed by atoms with Crippen molar-refractivity contribution >= 4 is 40.5 Å². The Bertz CT molecular complexity index is 657. The van der Waals surface area contributed by atoms with E-state index in [1.807, 2.05) is 0 Å². The van der Waals surface area contributed by atoms with Gasteiger partial charge in [0.25, 0.3) is 5.91 Å². The quantitative estimate of drug-likeness (QED) is 0.840. The molecule has 0 spiro atoms. The van der Waals surface area contributed by atoms with Crippen LogP contribution in [0.1, 0.15) is 0 Å². The standard InChI is InChI=1S/C14H11Cl2FN2O2/c15-8-5-9(16)14(11(18)6-8)19-13(20)7-21-12-4-2-1-3-10(12)17/h1-6H,7,18H2,(H,19,20). The van der Waals surface area contributed by atoms with Gasteiger partial charge in [-0.25, -0.2) is 4.39 Å². The van der Waals surface area contributed by atoms with Crippen LogP contribution in [0.3, 0.4) is 0 Å². The van der Waals surface area contributed by atoms with Gasteiger partial charge in [0.2, 0.25) is 0 Å². The highest BCUT2D eigenvalue weighted by Crippen LogP contribution is 2.31. The summed E-state index contributed by atoms with van der Waals surface area (Å²) in [7, 11) is 0. The van der Waals surface area contributed by atoms with Crippen LogP contribution in [0.2, 0.25) is 10.0 Å². The zero-order valence-corrected chi connectivity index (χ0v) is 12.2. The minimum atomic E-state index is -0.547. The summed E-state index contributed by atoms with van der Waals surface area (Å²) in [6.45, 7) is -0.376. The number of hydrogen-bond donors (Lipinski definition) is 2. The summed E-state index contributed by atoms with van der Waals surface area (Å²) in [5.41, 5.74) is 6.19. The molecule has 21 heavy (non-hydrogen) atoms. The Kier molecular flexibility index (Phi) is 4.88. The van der Waals surface area contributed by atoms with Crippen LogP contribution in [-0.4, -0.2) is 12.5 Å². The predicted octanol–water partition coefficient (Wildman–Crippen LogP) is 3.73. The van der Waals surface area contributed by atoms with Crippen molar-refractivity contribution in [3.8, 4) is 5.75 Å². The Morgan fingerprint density at radius 3 is 2.67 bits per heavy atom. The van der Waals surface area contributed by atoms with Gasteiger partial charge in [-0.2, -0.15) is 0 Å². The Hall–Kier alpha value is -1.98. The van der Waals surface area contributed by atoms with E-state index < -0.39 is 11.7 Å². The Morgan fingerprint density at radius 1 is 1.29 bits per heavy atom. The van der Waals surface area contributed by atoms with E-state index in [9.17, 15) is 9.18 Å². The number of amides is 1. The van der Waals surface area contributed by atoms with Crippen molar-refractivity contribution in [2.45, 2.75) is 0 Å². The summed E-state index contributed by atoms with van der Waals surface area (Å²) in [5, 5.41) is 3.06. The van der Waals surface area contributed by atoms with Gasteiger partial charge < -0.3 is 15.8 Å². The first-order valence-electron chi connectivity index (χ1n) is 5.89. The highest BCUT2D eigenvalue weighted by molar-refractivity contribution is 6.37. The summed E-state index contributed by atoms with van der Waals surface area (Å²) >= 11 is 11.7. The second-order valence-corrected chi connectivity index (χ2v) is 4.96. The smallest absolute Gasteiger partial charge is 0.262 e. The van der Waals surface area contributed by atoms with Crippen molar-refractivity contribution in [3.05, 3.63) is 52.3 Å². The summed E-state index contributed by atoms with van der Waals surface area (Å²) in [5.74, 6) is -1.08. The second kappa shape index (κ2) is 6.65. The normalized spacial score (nSPS) is 10.2. The van der Waals surface area contributed by atoms with E-state index in [-0.39, 0.29) is 28.8 Å². The number of hydrogen-bond acceptors (Lipinski definition) is 3. The largest absolute Gasteiger partial charge is 0.481 e. The summed E-state index contributed by atoms with van der Waals surface area (Å²) in [6, 6.07) is 8.70. The molecule has 2 aromatic rings. The highest BCUT2D eigenvalue weighted by atomic mass is 35.5. The second-order valence-electron chi connectivity index (χ2n) is 4.12. The molecule has 0 radical (unpaired) electrons. The number of ether oxygens (including phenoxy) is 1. The lowest BCUT2D eigenvalue weighted by atomic mass is 10.2. The van der Waals surface area contributed by atoms with Crippen LogP contribution in [0.15, 0.2) is 36.4 Å². The lowest BCUT2D eigenvalue weighted by Crippen LogP contribution is -2.21. The third kappa shape index (κ3) is 4.00. The van der Waals surface area contributed by atoms with Crippen molar-refractivity contribution in [1.82, 2.24) is 0 Å². The molecule has 0 saturated carbocycles. The average molecular weight is 329 g/mol. The molecule has 0 aliphatic carbocycles. The number of benzene rings is 2. The molecule has 0 aliphatic rings.